The highest BCUT2D eigenvalue weighted by Crippen LogP contribution is 2.45. The van der Waals surface area contributed by atoms with Crippen molar-refractivity contribution in [2.75, 3.05) is 19.8 Å². The number of rotatable bonds is 7. The van der Waals surface area contributed by atoms with E-state index in [0.717, 1.165) is 16.7 Å². The molecule has 1 saturated heterocycles. The number of nitrogens with zero attached hydrogens (tertiary/aromatic N) is 2. The largest absolute Gasteiger partial charge is 0.444 e. The van der Waals surface area contributed by atoms with Crippen molar-refractivity contribution in [3.63, 3.8) is 0 Å². The maximum Gasteiger partial charge on any atom is 0.410 e. The van der Waals surface area contributed by atoms with Gasteiger partial charge in [0.15, 0.2) is 0 Å². The van der Waals surface area contributed by atoms with Gasteiger partial charge in [0.25, 0.3) is 5.91 Å². The second kappa shape index (κ2) is 16.6. The van der Waals surface area contributed by atoms with Crippen LogP contribution in [0.4, 0.5) is 9.59 Å². The van der Waals surface area contributed by atoms with E-state index in [2.05, 4.69) is 27.3 Å². The Kier molecular flexibility index (Phi) is 12.3. The summed E-state index contributed by atoms with van der Waals surface area (Å²) >= 11 is 0. The van der Waals surface area contributed by atoms with Crippen LogP contribution in [0.25, 0.3) is 6.08 Å². The third-order valence-electron chi connectivity index (χ3n) is 11.1. The van der Waals surface area contributed by atoms with Gasteiger partial charge in [-0.1, -0.05) is 57.2 Å². The minimum atomic E-state index is -3.96. The fourth-order valence-electron chi connectivity index (χ4n) is 7.65. The van der Waals surface area contributed by atoms with Crippen molar-refractivity contribution in [2.24, 2.45) is 11.3 Å². The summed E-state index contributed by atoms with van der Waals surface area (Å²) in [6, 6.07) is 1.96. The summed E-state index contributed by atoms with van der Waals surface area (Å²) in [5.41, 5.74) is -0.728. The molecule has 4 N–H and O–H groups in total. The molecular formula is C41H56N6O11S. The molecule has 3 aliphatic heterocycles. The van der Waals surface area contributed by atoms with Crippen LogP contribution in [-0.4, -0.2) is 114 Å². The molecule has 59 heavy (non-hydrogen) atoms. The van der Waals surface area contributed by atoms with E-state index in [9.17, 15) is 37.2 Å². The van der Waals surface area contributed by atoms with Crippen LogP contribution < -0.4 is 20.7 Å². The first-order valence-corrected chi connectivity index (χ1v) is 21.6. The van der Waals surface area contributed by atoms with Crippen molar-refractivity contribution < 1.29 is 51.4 Å². The molecule has 6 atom stereocenters. The van der Waals surface area contributed by atoms with Crippen LogP contribution in [0.3, 0.4) is 0 Å². The minimum absolute atomic E-state index is 0.0253. The van der Waals surface area contributed by atoms with Crippen molar-refractivity contribution in [3.05, 3.63) is 53.6 Å². The third-order valence-corrected chi connectivity index (χ3v) is 12.9. The molecule has 0 spiro atoms. The molecule has 18 heteroatoms. The third kappa shape index (κ3) is 10.1. The first-order chi connectivity index (χ1) is 27.6. The van der Waals surface area contributed by atoms with Crippen LogP contribution in [0.2, 0.25) is 0 Å². The van der Waals surface area contributed by atoms with Crippen molar-refractivity contribution in [3.8, 4) is 0 Å². The number of hydrogen-bond acceptors (Lipinski definition) is 11. The molecule has 0 unspecified atom stereocenters. The van der Waals surface area contributed by atoms with Gasteiger partial charge in [-0.05, 0) is 62.1 Å². The Labute approximate surface area is 345 Å². The monoisotopic (exact) mass is 840 g/mol. The molecule has 4 bridgehead atoms. The number of carbonyl (C=O) groups excluding carboxylic acids is 6. The summed E-state index contributed by atoms with van der Waals surface area (Å²) in [6.07, 6.45) is 3.48. The lowest BCUT2D eigenvalue weighted by Gasteiger charge is -2.36. The van der Waals surface area contributed by atoms with Crippen molar-refractivity contribution in [1.29, 1.82) is 0 Å². The molecule has 322 valence electrons. The van der Waals surface area contributed by atoms with Crippen LogP contribution in [0.15, 0.2) is 36.9 Å². The number of hydrogen-bond donors (Lipinski definition) is 4. The SMILES string of the molecule is C=C[C@@H]1C[C@]1(NC(=O)[C@@H]1C[C@@H]2CN1C(=O)[C@H](C(C)(C)C)NC(=O)[C@@H](NC(=O)OC(C)(C)C)CCOC/C=C/c1cccc3c1CN(C3)C(=O)O2)C(=O)NS(=O)(=O)C1CC1. The zero-order chi connectivity index (χ0) is 43.1. The molecule has 0 aromatic heterocycles. The summed E-state index contributed by atoms with van der Waals surface area (Å²) < 4.78 is 44.9. The van der Waals surface area contributed by atoms with Crippen LogP contribution in [0.1, 0.15) is 90.3 Å². The number of sulfonamides is 1. The Hall–Kier alpha value is -4.97. The second-order valence-corrected chi connectivity index (χ2v) is 20.0. The van der Waals surface area contributed by atoms with Crippen LogP contribution in [0.5, 0.6) is 0 Å². The van der Waals surface area contributed by atoms with Crippen LogP contribution in [-0.2, 0) is 56.5 Å². The highest BCUT2D eigenvalue weighted by Gasteiger charge is 2.62. The summed E-state index contributed by atoms with van der Waals surface area (Å²) in [5, 5.41) is 7.46. The maximum absolute atomic E-state index is 14.8. The molecule has 6 rings (SSSR count). The van der Waals surface area contributed by atoms with E-state index in [1.165, 1.54) is 15.9 Å². The van der Waals surface area contributed by atoms with E-state index in [-0.39, 0.29) is 52.1 Å². The zero-order valence-electron chi connectivity index (χ0n) is 34.5. The lowest BCUT2D eigenvalue weighted by molar-refractivity contribution is -0.145. The number of carbonyl (C=O) groups is 6. The Morgan fingerprint density at radius 3 is 2.42 bits per heavy atom. The quantitative estimate of drug-likeness (QED) is 0.293. The van der Waals surface area contributed by atoms with Crippen LogP contribution in [0, 0.1) is 11.3 Å². The Balaban J connectivity index is 1.31. The number of benzene rings is 1. The molecule has 2 aliphatic carbocycles. The lowest BCUT2D eigenvalue weighted by atomic mass is 9.85. The average molecular weight is 841 g/mol. The lowest BCUT2D eigenvalue weighted by Crippen LogP contribution is -2.61. The van der Waals surface area contributed by atoms with Gasteiger partial charge in [-0.25, -0.2) is 18.0 Å². The molecule has 2 saturated carbocycles. The predicted molar refractivity (Wildman–Crippen MR) is 214 cm³/mol. The molecule has 17 nitrogen and oxygen atoms in total. The van der Waals surface area contributed by atoms with Crippen molar-refractivity contribution >= 4 is 51.9 Å². The molecule has 3 fully saturated rings. The molecule has 0 radical (unpaired) electrons. The highest BCUT2D eigenvalue weighted by molar-refractivity contribution is 7.91. The fraction of sp³-hybridized carbons (Fsp3) is 0.610. The average Bonchev–Trinajstić information content (AvgIpc) is 4.03. The molecule has 1 aromatic carbocycles. The maximum atomic E-state index is 14.8. The van der Waals surface area contributed by atoms with Gasteiger partial charge in [-0.2, -0.15) is 0 Å². The fourth-order valence-corrected chi connectivity index (χ4v) is 9.01. The number of alkyl carbamates (subject to hydrolysis) is 1. The molecule has 6 amide bonds. The molecule has 5 aliphatic rings. The van der Waals surface area contributed by atoms with Crippen molar-refractivity contribution in [1.82, 2.24) is 30.5 Å². The topological polar surface area (TPSA) is 219 Å². The van der Waals surface area contributed by atoms with Crippen molar-refractivity contribution in [2.45, 2.75) is 127 Å². The summed E-state index contributed by atoms with van der Waals surface area (Å²) in [6.45, 7) is 14.5. The van der Waals surface area contributed by atoms with Gasteiger partial charge in [0.1, 0.15) is 35.4 Å². The van der Waals surface area contributed by atoms with Gasteiger partial charge in [0.2, 0.25) is 27.7 Å². The number of fused-ring (bicyclic) bond motifs is 3. The van der Waals surface area contributed by atoms with E-state index in [1.807, 2.05) is 30.4 Å². The summed E-state index contributed by atoms with van der Waals surface area (Å²) in [4.78, 5) is 86.2. The summed E-state index contributed by atoms with van der Waals surface area (Å²) in [7, 11) is -3.96. The molecular weight excluding hydrogens is 785 g/mol. The molecule has 3 heterocycles. The smallest absolute Gasteiger partial charge is 0.410 e. The Bertz CT molecular complexity index is 2020. The van der Waals surface area contributed by atoms with Crippen LogP contribution >= 0.6 is 0 Å². The zero-order valence-corrected chi connectivity index (χ0v) is 35.3. The standard InChI is InChI=1S/C41H56N6O11S/c1-8-26-20-41(26,36(51)45-59(54,55)28-14-15-28)44-34(49)31-19-27-22-47(31)35(50)32(39(2,3)4)43-33(48)30(42-37(52)58-40(5,6)7)16-18-56-17-10-13-24-11-9-12-25-21-46(23-29(24)25)38(53)57-27/h8-13,26-28,30-32H,1,14-23H2,2-7H3,(H,42,52)(H,43,48)(H,44,49)(H,45,51)/b13-10+/t26-,27-,30+,31+,32-,41-/m1/s1. The number of nitrogens with one attached hydrogen (secondary N) is 4. The Morgan fingerprint density at radius 1 is 1.05 bits per heavy atom. The van der Waals surface area contributed by atoms with E-state index in [1.54, 1.807) is 41.5 Å². The second-order valence-electron chi connectivity index (χ2n) is 18.0. The Morgan fingerprint density at radius 2 is 1.78 bits per heavy atom. The minimum Gasteiger partial charge on any atom is -0.444 e. The molecule has 1 aromatic rings. The summed E-state index contributed by atoms with van der Waals surface area (Å²) in [5.74, 6) is -3.65. The van der Waals surface area contributed by atoms with Gasteiger partial charge < -0.3 is 35.1 Å². The van der Waals surface area contributed by atoms with E-state index >= 15 is 0 Å². The van der Waals surface area contributed by atoms with Gasteiger partial charge in [-0.15, -0.1) is 6.58 Å². The number of amides is 6. The highest BCUT2D eigenvalue weighted by atomic mass is 32.2. The predicted octanol–water partition coefficient (Wildman–Crippen LogP) is 2.64. The van der Waals surface area contributed by atoms with E-state index < -0.39 is 97.8 Å². The normalized spacial score (nSPS) is 28.4. The van der Waals surface area contributed by atoms with Gasteiger partial charge in [0, 0.05) is 31.9 Å². The van der Waals surface area contributed by atoms with Gasteiger partial charge in [0.05, 0.1) is 24.9 Å². The number of ether oxygens (including phenoxy) is 3. The van der Waals surface area contributed by atoms with Gasteiger partial charge in [-0.3, -0.25) is 28.8 Å². The first kappa shape index (κ1) is 43.6. The van der Waals surface area contributed by atoms with Gasteiger partial charge >= 0.3 is 12.2 Å². The van der Waals surface area contributed by atoms with E-state index in [4.69, 9.17) is 14.2 Å². The van der Waals surface area contributed by atoms with E-state index in [0.29, 0.717) is 12.8 Å². The first-order valence-electron chi connectivity index (χ1n) is 20.0.